The van der Waals surface area contributed by atoms with Crippen LogP contribution in [0.5, 0.6) is 11.5 Å². The van der Waals surface area contributed by atoms with Crippen LogP contribution in [0.2, 0.25) is 0 Å². The average Bonchev–Trinajstić information content (AvgIpc) is 2.84. The van der Waals surface area contributed by atoms with E-state index in [-0.39, 0.29) is 23.0 Å². The summed E-state index contributed by atoms with van der Waals surface area (Å²) in [4.78, 5) is 30.1. The third-order valence-corrected chi connectivity index (χ3v) is 5.64. The van der Waals surface area contributed by atoms with Crippen LogP contribution in [0.3, 0.4) is 0 Å². The zero-order valence-corrected chi connectivity index (χ0v) is 18.5. The maximum Gasteiger partial charge on any atom is 0.266 e. The molecular weight excluding hydrogens is 440 g/mol. The Bertz CT molecular complexity index is 1390. The zero-order chi connectivity index (χ0) is 23.2. The minimum absolute atomic E-state index is 0.00779. The Labute approximate surface area is 193 Å². The van der Waals surface area contributed by atoms with E-state index in [0.717, 1.165) is 11.8 Å². The maximum atomic E-state index is 13.2. The van der Waals surface area contributed by atoms with Gasteiger partial charge in [-0.1, -0.05) is 42.1 Å². The molecule has 166 valence electrons. The molecule has 2 N–H and O–H groups in total. The Kier molecular flexibility index (Phi) is 6.70. The Hall–Kier alpha value is -4.11. The van der Waals surface area contributed by atoms with Gasteiger partial charge in [0.25, 0.3) is 11.5 Å². The maximum absolute atomic E-state index is 13.2. The Morgan fingerprint density at radius 1 is 1.15 bits per heavy atom. The first kappa shape index (κ1) is 22.1. The van der Waals surface area contributed by atoms with Gasteiger partial charge < -0.3 is 9.84 Å². The van der Waals surface area contributed by atoms with Gasteiger partial charge in [-0.15, -0.1) is 0 Å². The second-order valence-corrected chi connectivity index (χ2v) is 7.84. The molecule has 0 fully saturated rings. The molecule has 4 aromatic rings. The Morgan fingerprint density at radius 3 is 2.70 bits per heavy atom. The number of nitrogens with zero attached hydrogens (tertiary/aromatic N) is 3. The summed E-state index contributed by atoms with van der Waals surface area (Å²) in [6, 6.07) is 21.0. The van der Waals surface area contributed by atoms with Crippen LogP contribution >= 0.6 is 11.8 Å². The number of aromatic hydroxyl groups is 1. The summed E-state index contributed by atoms with van der Waals surface area (Å²) < 4.78 is 6.56. The van der Waals surface area contributed by atoms with Crippen LogP contribution in [-0.2, 0) is 4.79 Å². The summed E-state index contributed by atoms with van der Waals surface area (Å²) in [7, 11) is 1.45. The van der Waals surface area contributed by atoms with Crippen molar-refractivity contribution in [3.8, 4) is 17.2 Å². The fraction of sp³-hybridized carbons (Fsp3) is 0.0833. The van der Waals surface area contributed by atoms with E-state index < -0.39 is 0 Å². The van der Waals surface area contributed by atoms with E-state index >= 15 is 0 Å². The zero-order valence-electron chi connectivity index (χ0n) is 17.6. The lowest BCUT2D eigenvalue weighted by Gasteiger charge is -2.12. The van der Waals surface area contributed by atoms with Crippen LogP contribution in [0.15, 0.2) is 87.8 Å². The van der Waals surface area contributed by atoms with Crippen molar-refractivity contribution in [3.05, 3.63) is 88.7 Å². The quantitative estimate of drug-likeness (QED) is 0.190. The van der Waals surface area contributed by atoms with Crippen LogP contribution in [0, 0.1) is 0 Å². The van der Waals surface area contributed by atoms with Crippen molar-refractivity contribution < 1.29 is 14.6 Å². The molecule has 1 heterocycles. The van der Waals surface area contributed by atoms with Crippen molar-refractivity contribution in [2.45, 2.75) is 5.16 Å². The van der Waals surface area contributed by atoms with Crippen molar-refractivity contribution >= 4 is 34.8 Å². The highest BCUT2D eigenvalue weighted by atomic mass is 32.2. The number of rotatable bonds is 7. The number of para-hydroxylation sites is 2. The fourth-order valence-corrected chi connectivity index (χ4v) is 3.93. The molecule has 1 aromatic heterocycles. The number of hydrazone groups is 1. The topological polar surface area (TPSA) is 106 Å². The largest absolute Gasteiger partial charge is 0.504 e. The minimum Gasteiger partial charge on any atom is -0.504 e. The monoisotopic (exact) mass is 460 g/mol. The average molecular weight is 461 g/mol. The van der Waals surface area contributed by atoms with Gasteiger partial charge in [0, 0.05) is 0 Å². The number of benzene rings is 3. The highest BCUT2D eigenvalue weighted by Gasteiger charge is 2.14. The van der Waals surface area contributed by atoms with Gasteiger partial charge in [-0.3, -0.25) is 14.2 Å². The lowest BCUT2D eigenvalue weighted by molar-refractivity contribution is -0.118. The van der Waals surface area contributed by atoms with E-state index in [2.05, 4.69) is 15.5 Å². The number of phenols is 1. The number of phenolic OH excluding ortho intramolecular Hbond substituents is 1. The molecule has 0 spiro atoms. The number of aromatic nitrogens is 2. The standard InChI is InChI=1S/C24H20N4O4S/c1-32-21-13-16(11-12-20(21)29)14-25-27-22(30)15-33-24-26-19-10-6-5-9-18(19)23(31)28(24)17-7-3-2-4-8-17/h2-14,29H,15H2,1H3,(H,27,30)/b25-14-. The van der Waals surface area contributed by atoms with Gasteiger partial charge in [-0.2, -0.15) is 5.10 Å². The number of amides is 1. The summed E-state index contributed by atoms with van der Waals surface area (Å²) in [5, 5.41) is 14.5. The van der Waals surface area contributed by atoms with Crippen molar-refractivity contribution in [1.29, 1.82) is 0 Å². The van der Waals surface area contributed by atoms with E-state index in [1.165, 1.54) is 24.0 Å². The third kappa shape index (κ3) is 5.04. The molecule has 3 aromatic carbocycles. The number of fused-ring (bicyclic) bond motifs is 1. The van der Waals surface area contributed by atoms with Gasteiger partial charge in [0.05, 0.1) is 35.7 Å². The predicted molar refractivity (Wildman–Crippen MR) is 128 cm³/mol. The molecule has 0 saturated heterocycles. The van der Waals surface area contributed by atoms with Crippen molar-refractivity contribution in [2.75, 3.05) is 12.9 Å². The van der Waals surface area contributed by atoms with Crippen molar-refractivity contribution in [2.24, 2.45) is 5.10 Å². The van der Waals surface area contributed by atoms with Crippen LogP contribution in [0.1, 0.15) is 5.56 Å². The van der Waals surface area contributed by atoms with Crippen molar-refractivity contribution in [1.82, 2.24) is 15.0 Å². The number of methoxy groups -OCH3 is 1. The van der Waals surface area contributed by atoms with Gasteiger partial charge in [-0.25, -0.2) is 10.4 Å². The summed E-state index contributed by atoms with van der Waals surface area (Å²) in [5.41, 5.74) is 4.14. The highest BCUT2D eigenvalue weighted by Crippen LogP contribution is 2.25. The molecular formula is C24H20N4O4S. The molecule has 33 heavy (non-hydrogen) atoms. The molecule has 8 nitrogen and oxygen atoms in total. The van der Waals surface area contributed by atoms with Crippen LogP contribution in [-0.4, -0.2) is 39.6 Å². The SMILES string of the molecule is COc1cc(/C=N\NC(=O)CSc2nc3ccccc3c(=O)n2-c2ccccc2)ccc1O. The molecule has 0 aliphatic rings. The molecule has 0 bridgehead atoms. The minimum atomic E-state index is -0.357. The highest BCUT2D eigenvalue weighted by molar-refractivity contribution is 7.99. The van der Waals surface area contributed by atoms with Crippen LogP contribution < -0.4 is 15.7 Å². The van der Waals surface area contributed by atoms with Gasteiger partial charge >= 0.3 is 0 Å². The predicted octanol–water partition coefficient (Wildman–Crippen LogP) is 3.34. The number of thioether (sulfide) groups is 1. The first-order valence-electron chi connectivity index (χ1n) is 9.96. The number of nitrogens with one attached hydrogen (secondary N) is 1. The molecule has 0 saturated carbocycles. The summed E-state index contributed by atoms with van der Waals surface area (Å²) in [6.45, 7) is 0. The molecule has 0 aliphatic carbocycles. The van der Waals surface area contributed by atoms with E-state index in [4.69, 9.17) is 4.74 Å². The lowest BCUT2D eigenvalue weighted by atomic mass is 10.2. The van der Waals surface area contributed by atoms with Gasteiger partial charge in [0.2, 0.25) is 0 Å². The van der Waals surface area contributed by atoms with Gasteiger partial charge in [0.15, 0.2) is 16.7 Å². The molecule has 0 radical (unpaired) electrons. The molecule has 0 aliphatic heterocycles. The van der Waals surface area contributed by atoms with E-state index in [0.29, 0.717) is 33.1 Å². The normalized spacial score (nSPS) is 11.1. The number of hydrogen-bond acceptors (Lipinski definition) is 7. The first-order valence-corrected chi connectivity index (χ1v) is 10.9. The molecule has 4 rings (SSSR count). The summed E-state index contributed by atoms with van der Waals surface area (Å²) >= 11 is 1.15. The first-order chi connectivity index (χ1) is 16.1. The number of ether oxygens (including phenoxy) is 1. The fourth-order valence-electron chi connectivity index (χ4n) is 3.13. The number of hydrogen-bond donors (Lipinski definition) is 2. The van der Waals surface area contributed by atoms with Crippen LogP contribution in [0.25, 0.3) is 16.6 Å². The van der Waals surface area contributed by atoms with Gasteiger partial charge in [0.1, 0.15) is 0 Å². The molecule has 0 unspecified atom stereocenters. The van der Waals surface area contributed by atoms with Gasteiger partial charge in [-0.05, 0) is 48.0 Å². The molecule has 1 amide bonds. The second-order valence-electron chi connectivity index (χ2n) is 6.90. The smallest absolute Gasteiger partial charge is 0.266 e. The summed E-state index contributed by atoms with van der Waals surface area (Å²) in [6.07, 6.45) is 1.44. The van der Waals surface area contributed by atoms with Crippen molar-refractivity contribution in [3.63, 3.8) is 0 Å². The Balaban J connectivity index is 1.52. The van der Waals surface area contributed by atoms with Crippen LogP contribution in [0.4, 0.5) is 0 Å². The summed E-state index contributed by atoms with van der Waals surface area (Å²) in [5.74, 6) is -0.0260. The van der Waals surface area contributed by atoms with E-state index in [1.54, 1.807) is 30.3 Å². The number of carbonyl (C=O) groups excluding carboxylic acids is 1. The van der Waals surface area contributed by atoms with E-state index in [9.17, 15) is 14.7 Å². The molecule has 0 atom stereocenters. The third-order valence-electron chi connectivity index (χ3n) is 4.70. The second kappa shape index (κ2) is 10.0. The van der Waals surface area contributed by atoms with E-state index in [1.807, 2.05) is 36.4 Å². The lowest BCUT2D eigenvalue weighted by Crippen LogP contribution is -2.24. The number of carbonyl (C=O) groups is 1. The Morgan fingerprint density at radius 2 is 1.91 bits per heavy atom. The molecule has 9 heteroatoms.